The van der Waals surface area contributed by atoms with Crippen LogP contribution in [0.15, 0.2) is 24.3 Å². The summed E-state index contributed by atoms with van der Waals surface area (Å²) < 4.78 is 0. The summed E-state index contributed by atoms with van der Waals surface area (Å²) in [6, 6.07) is 8.31. The Morgan fingerprint density at radius 1 is 1.33 bits per heavy atom. The van der Waals surface area contributed by atoms with E-state index in [-0.39, 0.29) is 12.0 Å². The van der Waals surface area contributed by atoms with Crippen molar-refractivity contribution in [3.63, 3.8) is 0 Å². The molecule has 0 aliphatic heterocycles. The number of aliphatic hydroxyl groups is 1. The second-order valence-corrected chi connectivity index (χ2v) is 4.25. The maximum atomic E-state index is 9.79. The Morgan fingerprint density at radius 2 is 2.00 bits per heavy atom. The summed E-state index contributed by atoms with van der Waals surface area (Å²) in [5, 5.41) is 9.79. The smallest absolute Gasteiger partial charge is 0.0581 e. The highest BCUT2D eigenvalue weighted by atomic mass is 16.3. The molecule has 1 rings (SSSR count). The molecule has 2 atom stereocenters. The van der Waals surface area contributed by atoms with Gasteiger partial charge in [0.25, 0.3) is 0 Å². The van der Waals surface area contributed by atoms with Crippen LogP contribution in [0.2, 0.25) is 0 Å². The largest absolute Gasteiger partial charge is 0.393 e. The Kier molecular flexibility index (Phi) is 4.79. The van der Waals surface area contributed by atoms with Gasteiger partial charge in [0.05, 0.1) is 6.10 Å². The molecule has 0 spiro atoms. The number of rotatable bonds is 5. The molecule has 0 saturated heterocycles. The standard InChI is InChI=1S/C13H21NO/c1-10-5-3-4-6-12(10)7-8-13(15)11(2)9-14/h3-6,11,13,15H,7-9,14H2,1-2H3. The fraction of sp³-hybridized carbons (Fsp3) is 0.538. The van der Waals surface area contributed by atoms with E-state index in [0.717, 1.165) is 12.8 Å². The third kappa shape index (κ3) is 3.65. The molecule has 1 aromatic carbocycles. The minimum Gasteiger partial charge on any atom is -0.393 e. The summed E-state index contributed by atoms with van der Waals surface area (Å²) in [5.41, 5.74) is 8.13. The first-order valence-corrected chi connectivity index (χ1v) is 5.57. The number of hydrogen-bond donors (Lipinski definition) is 2. The first-order chi connectivity index (χ1) is 7.15. The van der Waals surface area contributed by atoms with Gasteiger partial charge in [-0.15, -0.1) is 0 Å². The van der Waals surface area contributed by atoms with Crippen LogP contribution in [-0.2, 0) is 6.42 Å². The number of aryl methyl sites for hydroxylation is 2. The van der Waals surface area contributed by atoms with Gasteiger partial charge >= 0.3 is 0 Å². The van der Waals surface area contributed by atoms with Crippen molar-refractivity contribution < 1.29 is 5.11 Å². The van der Waals surface area contributed by atoms with Crippen LogP contribution in [0.4, 0.5) is 0 Å². The molecule has 2 unspecified atom stereocenters. The van der Waals surface area contributed by atoms with Gasteiger partial charge in [0.15, 0.2) is 0 Å². The Labute approximate surface area is 92.1 Å². The average Bonchev–Trinajstić information content (AvgIpc) is 2.26. The summed E-state index contributed by atoms with van der Waals surface area (Å²) in [6.45, 7) is 4.64. The molecular weight excluding hydrogens is 186 g/mol. The molecule has 0 aromatic heterocycles. The third-order valence-corrected chi connectivity index (χ3v) is 3.00. The van der Waals surface area contributed by atoms with Crippen molar-refractivity contribution in [1.29, 1.82) is 0 Å². The van der Waals surface area contributed by atoms with Crippen LogP contribution in [0.5, 0.6) is 0 Å². The molecule has 15 heavy (non-hydrogen) atoms. The maximum absolute atomic E-state index is 9.79. The molecule has 3 N–H and O–H groups in total. The molecule has 1 aromatic rings. The topological polar surface area (TPSA) is 46.2 Å². The molecule has 0 fully saturated rings. The van der Waals surface area contributed by atoms with E-state index in [9.17, 15) is 5.11 Å². The average molecular weight is 207 g/mol. The molecule has 84 valence electrons. The minimum atomic E-state index is -0.283. The molecule has 2 heteroatoms. The summed E-state index contributed by atoms with van der Waals surface area (Å²) in [5.74, 6) is 0.189. The molecule has 0 aliphatic carbocycles. The van der Waals surface area contributed by atoms with Gasteiger partial charge in [-0.3, -0.25) is 0 Å². The van der Waals surface area contributed by atoms with Crippen LogP contribution in [0.25, 0.3) is 0 Å². The zero-order chi connectivity index (χ0) is 11.3. The van der Waals surface area contributed by atoms with Crippen molar-refractivity contribution in [2.45, 2.75) is 32.8 Å². The van der Waals surface area contributed by atoms with Crippen molar-refractivity contribution in [3.8, 4) is 0 Å². The van der Waals surface area contributed by atoms with Gasteiger partial charge in [-0.1, -0.05) is 31.2 Å². The SMILES string of the molecule is Cc1ccccc1CCC(O)C(C)CN. The van der Waals surface area contributed by atoms with E-state index in [1.165, 1.54) is 11.1 Å². The van der Waals surface area contributed by atoms with Crippen LogP contribution in [-0.4, -0.2) is 17.8 Å². The van der Waals surface area contributed by atoms with Crippen molar-refractivity contribution in [3.05, 3.63) is 35.4 Å². The summed E-state index contributed by atoms with van der Waals surface area (Å²) in [4.78, 5) is 0. The van der Waals surface area contributed by atoms with E-state index in [2.05, 4.69) is 19.1 Å². The number of nitrogens with two attached hydrogens (primary N) is 1. The lowest BCUT2D eigenvalue weighted by molar-refractivity contribution is 0.112. The Morgan fingerprint density at radius 3 is 2.60 bits per heavy atom. The quantitative estimate of drug-likeness (QED) is 0.774. The first-order valence-electron chi connectivity index (χ1n) is 5.57. The van der Waals surface area contributed by atoms with Crippen LogP contribution < -0.4 is 5.73 Å². The van der Waals surface area contributed by atoms with E-state index in [0.29, 0.717) is 6.54 Å². The first kappa shape index (κ1) is 12.2. The van der Waals surface area contributed by atoms with Gasteiger partial charge in [-0.2, -0.15) is 0 Å². The van der Waals surface area contributed by atoms with Gasteiger partial charge in [0.1, 0.15) is 0 Å². The fourth-order valence-corrected chi connectivity index (χ4v) is 1.64. The molecule has 0 heterocycles. The van der Waals surface area contributed by atoms with E-state index in [4.69, 9.17) is 5.73 Å². The van der Waals surface area contributed by atoms with E-state index in [1.807, 2.05) is 19.1 Å². The van der Waals surface area contributed by atoms with Crippen molar-refractivity contribution in [1.82, 2.24) is 0 Å². The molecule has 0 radical (unpaired) electrons. The van der Waals surface area contributed by atoms with E-state index in [1.54, 1.807) is 0 Å². The zero-order valence-corrected chi connectivity index (χ0v) is 9.61. The lowest BCUT2D eigenvalue weighted by Gasteiger charge is -2.17. The van der Waals surface area contributed by atoms with Gasteiger partial charge in [-0.25, -0.2) is 0 Å². The Bertz CT molecular complexity index is 298. The van der Waals surface area contributed by atoms with Gasteiger partial charge < -0.3 is 10.8 Å². The summed E-state index contributed by atoms with van der Waals surface area (Å²) in [7, 11) is 0. The predicted molar refractivity (Wildman–Crippen MR) is 63.7 cm³/mol. The highest BCUT2D eigenvalue weighted by molar-refractivity contribution is 5.25. The highest BCUT2D eigenvalue weighted by Gasteiger charge is 2.12. The van der Waals surface area contributed by atoms with Gasteiger partial charge in [0.2, 0.25) is 0 Å². The predicted octanol–water partition coefficient (Wildman–Crippen LogP) is 1.88. The number of benzene rings is 1. The van der Waals surface area contributed by atoms with Crippen LogP contribution >= 0.6 is 0 Å². The van der Waals surface area contributed by atoms with Crippen LogP contribution in [0, 0.1) is 12.8 Å². The minimum absolute atomic E-state index is 0.189. The highest BCUT2D eigenvalue weighted by Crippen LogP contribution is 2.13. The lowest BCUT2D eigenvalue weighted by atomic mass is 9.96. The maximum Gasteiger partial charge on any atom is 0.0581 e. The second kappa shape index (κ2) is 5.89. The number of aliphatic hydroxyl groups excluding tert-OH is 1. The fourth-order valence-electron chi connectivity index (χ4n) is 1.64. The molecule has 0 saturated carbocycles. The Balaban J connectivity index is 2.47. The number of hydrogen-bond acceptors (Lipinski definition) is 2. The second-order valence-electron chi connectivity index (χ2n) is 4.25. The van der Waals surface area contributed by atoms with Gasteiger partial charge in [-0.05, 0) is 43.4 Å². The molecule has 0 bridgehead atoms. The Hall–Kier alpha value is -0.860. The summed E-state index contributed by atoms with van der Waals surface area (Å²) >= 11 is 0. The third-order valence-electron chi connectivity index (χ3n) is 3.00. The van der Waals surface area contributed by atoms with Gasteiger partial charge in [0, 0.05) is 0 Å². The van der Waals surface area contributed by atoms with E-state index >= 15 is 0 Å². The molecule has 2 nitrogen and oxygen atoms in total. The normalized spacial score (nSPS) is 14.9. The molecule has 0 aliphatic rings. The molecular formula is C13H21NO. The monoisotopic (exact) mass is 207 g/mol. The van der Waals surface area contributed by atoms with Crippen LogP contribution in [0.3, 0.4) is 0 Å². The van der Waals surface area contributed by atoms with Crippen molar-refractivity contribution in [2.75, 3.05) is 6.54 Å². The molecule has 0 amide bonds. The summed E-state index contributed by atoms with van der Waals surface area (Å²) in [6.07, 6.45) is 1.44. The van der Waals surface area contributed by atoms with Crippen molar-refractivity contribution >= 4 is 0 Å². The van der Waals surface area contributed by atoms with Crippen molar-refractivity contribution in [2.24, 2.45) is 11.7 Å². The van der Waals surface area contributed by atoms with E-state index < -0.39 is 0 Å². The van der Waals surface area contributed by atoms with Crippen LogP contribution in [0.1, 0.15) is 24.5 Å². The lowest BCUT2D eigenvalue weighted by Crippen LogP contribution is -2.25. The zero-order valence-electron chi connectivity index (χ0n) is 9.61.